The number of carbonyl (C=O) groups is 1. The number of amides is 1. The van der Waals surface area contributed by atoms with E-state index in [0.717, 1.165) is 44.1 Å². The summed E-state index contributed by atoms with van der Waals surface area (Å²) < 4.78 is 2.18. The molecule has 0 radical (unpaired) electrons. The summed E-state index contributed by atoms with van der Waals surface area (Å²) in [6.07, 6.45) is 6.74. The molecule has 0 aliphatic carbocycles. The smallest absolute Gasteiger partial charge is 0.222 e. The van der Waals surface area contributed by atoms with Gasteiger partial charge in [-0.25, -0.2) is 0 Å². The maximum Gasteiger partial charge on any atom is 0.222 e. The monoisotopic (exact) mass is 347 g/mol. The summed E-state index contributed by atoms with van der Waals surface area (Å²) in [5.41, 5.74) is 0. The van der Waals surface area contributed by atoms with Gasteiger partial charge >= 0.3 is 0 Å². The van der Waals surface area contributed by atoms with E-state index in [-0.39, 0.29) is 5.91 Å². The minimum absolute atomic E-state index is 0.287. The summed E-state index contributed by atoms with van der Waals surface area (Å²) in [6, 6.07) is 0. The van der Waals surface area contributed by atoms with E-state index in [1.54, 1.807) is 0 Å². The first-order chi connectivity index (χ1) is 12.0. The Bertz CT molecular complexity index is 576. The van der Waals surface area contributed by atoms with Crippen LogP contribution in [-0.4, -0.2) is 56.7 Å². The van der Waals surface area contributed by atoms with Crippen LogP contribution in [0, 0.1) is 5.92 Å². The molecule has 0 bridgehead atoms. The average Bonchev–Trinajstić information content (AvgIpc) is 2.96. The van der Waals surface area contributed by atoms with Gasteiger partial charge in [-0.15, -0.1) is 10.2 Å². The Labute approximate surface area is 151 Å². The lowest BCUT2D eigenvalue weighted by atomic mass is 9.96. The third kappa shape index (κ3) is 4.60. The lowest BCUT2D eigenvalue weighted by Crippen LogP contribution is -2.40. The van der Waals surface area contributed by atoms with Crippen LogP contribution in [0.2, 0.25) is 0 Å². The zero-order valence-corrected chi connectivity index (χ0v) is 16.1. The number of nitrogens with zero attached hydrogens (tertiary/aromatic N) is 5. The Balaban J connectivity index is 1.64. The maximum absolute atomic E-state index is 12.4. The fourth-order valence-corrected chi connectivity index (χ4v) is 4.08. The zero-order chi connectivity index (χ0) is 17.8. The van der Waals surface area contributed by atoms with Gasteiger partial charge < -0.3 is 9.47 Å². The molecule has 3 heterocycles. The molecule has 6 nitrogen and oxygen atoms in total. The minimum atomic E-state index is 0.287. The molecule has 0 N–H and O–H groups in total. The van der Waals surface area contributed by atoms with Gasteiger partial charge in [0.1, 0.15) is 11.6 Å². The highest BCUT2D eigenvalue weighted by molar-refractivity contribution is 5.76. The van der Waals surface area contributed by atoms with Gasteiger partial charge in [-0.1, -0.05) is 20.3 Å². The number of aromatic nitrogens is 3. The van der Waals surface area contributed by atoms with Crippen LogP contribution < -0.4 is 0 Å². The van der Waals surface area contributed by atoms with Gasteiger partial charge in [0.25, 0.3) is 0 Å². The summed E-state index contributed by atoms with van der Waals surface area (Å²) in [7, 11) is 2.09. The van der Waals surface area contributed by atoms with Crippen LogP contribution in [0.1, 0.15) is 69.9 Å². The molecule has 2 aliphatic rings. The van der Waals surface area contributed by atoms with E-state index in [9.17, 15) is 4.79 Å². The summed E-state index contributed by atoms with van der Waals surface area (Å²) in [5, 5.41) is 8.98. The Hall–Kier alpha value is -1.43. The van der Waals surface area contributed by atoms with Gasteiger partial charge in [-0.2, -0.15) is 0 Å². The molecule has 2 saturated heterocycles. The lowest BCUT2D eigenvalue weighted by Gasteiger charge is -2.33. The first-order valence-corrected chi connectivity index (χ1v) is 9.93. The van der Waals surface area contributed by atoms with Gasteiger partial charge in [-0.05, 0) is 44.7 Å². The second-order valence-corrected chi connectivity index (χ2v) is 8.15. The Kier molecular flexibility index (Phi) is 6.10. The molecule has 0 saturated carbocycles. The zero-order valence-electron chi connectivity index (χ0n) is 16.1. The van der Waals surface area contributed by atoms with E-state index in [1.165, 1.54) is 32.4 Å². The third-order valence-corrected chi connectivity index (χ3v) is 5.53. The number of hydrogen-bond donors (Lipinski definition) is 0. The van der Waals surface area contributed by atoms with E-state index < -0.39 is 0 Å². The number of piperidine rings is 2. The molecule has 1 atom stereocenters. The first kappa shape index (κ1) is 18.4. The van der Waals surface area contributed by atoms with Crippen molar-refractivity contribution < 1.29 is 4.79 Å². The quantitative estimate of drug-likeness (QED) is 0.821. The summed E-state index contributed by atoms with van der Waals surface area (Å²) >= 11 is 0. The molecule has 0 aromatic carbocycles. The van der Waals surface area contributed by atoms with Crippen LogP contribution in [0.3, 0.4) is 0 Å². The molecule has 2 aliphatic heterocycles. The Morgan fingerprint density at radius 2 is 1.88 bits per heavy atom. The topological polar surface area (TPSA) is 54.3 Å². The number of hydrogen-bond acceptors (Lipinski definition) is 4. The molecule has 1 aromatic rings. The molecular weight excluding hydrogens is 314 g/mol. The SMILES string of the molecule is CC(C)CC(=O)N1CCC[C@@H](c2nnc(CN3CCCCC3)n2C)C1. The van der Waals surface area contributed by atoms with Crippen LogP contribution in [0.25, 0.3) is 0 Å². The highest BCUT2D eigenvalue weighted by Crippen LogP contribution is 2.27. The molecule has 6 heteroatoms. The van der Waals surface area contributed by atoms with Crippen LogP contribution in [0.15, 0.2) is 0 Å². The van der Waals surface area contributed by atoms with Crippen molar-refractivity contribution in [1.29, 1.82) is 0 Å². The Morgan fingerprint density at radius 3 is 2.60 bits per heavy atom. The summed E-state index contributed by atoms with van der Waals surface area (Å²) in [4.78, 5) is 16.9. The van der Waals surface area contributed by atoms with Crippen LogP contribution in [0.4, 0.5) is 0 Å². The predicted molar refractivity (Wildman–Crippen MR) is 98.1 cm³/mol. The van der Waals surface area contributed by atoms with E-state index in [4.69, 9.17) is 0 Å². The summed E-state index contributed by atoms with van der Waals surface area (Å²) in [5.74, 6) is 3.13. The van der Waals surface area contributed by atoms with Gasteiger partial charge in [0.2, 0.25) is 5.91 Å². The van der Waals surface area contributed by atoms with E-state index in [2.05, 4.69) is 40.6 Å². The second kappa shape index (κ2) is 8.30. The van der Waals surface area contributed by atoms with Crippen LogP contribution in [-0.2, 0) is 18.4 Å². The van der Waals surface area contributed by atoms with Crippen molar-refractivity contribution in [3.8, 4) is 0 Å². The highest BCUT2D eigenvalue weighted by atomic mass is 16.2. The largest absolute Gasteiger partial charge is 0.342 e. The molecule has 140 valence electrons. The van der Waals surface area contributed by atoms with Crippen molar-refractivity contribution in [3.05, 3.63) is 11.6 Å². The van der Waals surface area contributed by atoms with Crippen molar-refractivity contribution in [3.63, 3.8) is 0 Å². The molecule has 1 amide bonds. The van der Waals surface area contributed by atoms with Crippen molar-refractivity contribution in [2.24, 2.45) is 13.0 Å². The minimum Gasteiger partial charge on any atom is -0.342 e. The van der Waals surface area contributed by atoms with Gasteiger partial charge in [-0.3, -0.25) is 9.69 Å². The fourth-order valence-electron chi connectivity index (χ4n) is 4.08. The van der Waals surface area contributed by atoms with E-state index >= 15 is 0 Å². The van der Waals surface area contributed by atoms with Crippen LogP contribution in [0.5, 0.6) is 0 Å². The van der Waals surface area contributed by atoms with Crippen molar-refractivity contribution in [1.82, 2.24) is 24.6 Å². The van der Waals surface area contributed by atoms with Crippen molar-refractivity contribution >= 4 is 5.91 Å². The van der Waals surface area contributed by atoms with E-state index in [1.807, 2.05) is 4.90 Å². The molecule has 3 rings (SSSR count). The van der Waals surface area contributed by atoms with Crippen molar-refractivity contribution in [2.45, 2.75) is 64.8 Å². The van der Waals surface area contributed by atoms with Crippen molar-refractivity contribution in [2.75, 3.05) is 26.2 Å². The molecule has 0 unspecified atom stereocenters. The molecule has 0 spiro atoms. The fraction of sp³-hybridized carbons (Fsp3) is 0.842. The number of rotatable bonds is 5. The molecular formula is C19H33N5O. The normalized spacial score (nSPS) is 22.6. The Morgan fingerprint density at radius 1 is 1.12 bits per heavy atom. The van der Waals surface area contributed by atoms with Gasteiger partial charge in [0.15, 0.2) is 0 Å². The standard InChI is InChI=1S/C19H33N5O/c1-15(2)12-18(25)24-11-7-8-16(13-24)19-21-20-17(22(19)3)14-23-9-5-4-6-10-23/h15-16H,4-14H2,1-3H3/t16-/m1/s1. The number of likely N-dealkylation sites (tertiary alicyclic amines) is 2. The first-order valence-electron chi connectivity index (χ1n) is 9.93. The molecule has 25 heavy (non-hydrogen) atoms. The summed E-state index contributed by atoms with van der Waals surface area (Å²) in [6.45, 7) is 9.13. The number of carbonyl (C=O) groups excluding carboxylic acids is 1. The maximum atomic E-state index is 12.4. The molecule has 1 aromatic heterocycles. The van der Waals surface area contributed by atoms with Gasteiger partial charge in [0, 0.05) is 32.5 Å². The van der Waals surface area contributed by atoms with Gasteiger partial charge in [0.05, 0.1) is 6.54 Å². The molecule has 2 fully saturated rings. The van der Waals surface area contributed by atoms with E-state index in [0.29, 0.717) is 18.3 Å². The van der Waals surface area contributed by atoms with Crippen LogP contribution >= 0.6 is 0 Å². The second-order valence-electron chi connectivity index (χ2n) is 8.15. The highest BCUT2D eigenvalue weighted by Gasteiger charge is 2.28. The lowest BCUT2D eigenvalue weighted by molar-refractivity contribution is -0.133. The average molecular weight is 348 g/mol. The third-order valence-electron chi connectivity index (χ3n) is 5.53. The predicted octanol–water partition coefficient (Wildman–Crippen LogP) is 2.55.